The van der Waals surface area contributed by atoms with E-state index in [0.29, 0.717) is 42.3 Å². The molecule has 4 rings (SSSR count). The molecule has 2 aromatic carbocycles. The van der Waals surface area contributed by atoms with E-state index in [9.17, 15) is 9.59 Å². The number of carbonyl (C=O) groups is 2. The largest absolute Gasteiger partial charge is 0.493 e. The molecule has 1 N–H and O–H groups in total. The molecule has 2 aromatic rings. The SMILES string of the molecule is O=C(NC1CCOc2ccc(Br)cc21)c1ccc(Cl)cc1N1CCCC1=O. The van der Waals surface area contributed by atoms with Gasteiger partial charge in [0.15, 0.2) is 0 Å². The molecular weight excluding hydrogens is 432 g/mol. The summed E-state index contributed by atoms with van der Waals surface area (Å²) in [7, 11) is 0. The highest BCUT2D eigenvalue weighted by atomic mass is 79.9. The summed E-state index contributed by atoms with van der Waals surface area (Å²) in [5.74, 6) is 0.576. The number of fused-ring (bicyclic) bond motifs is 1. The van der Waals surface area contributed by atoms with Gasteiger partial charge in [0.25, 0.3) is 5.91 Å². The predicted molar refractivity (Wildman–Crippen MR) is 108 cm³/mol. The van der Waals surface area contributed by atoms with Gasteiger partial charge in [0.05, 0.1) is 23.9 Å². The van der Waals surface area contributed by atoms with E-state index in [-0.39, 0.29) is 17.9 Å². The molecule has 1 unspecified atom stereocenters. The third kappa shape index (κ3) is 3.69. The monoisotopic (exact) mass is 448 g/mol. The van der Waals surface area contributed by atoms with Crippen LogP contribution in [0.25, 0.3) is 0 Å². The molecule has 0 saturated carbocycles. The van der Waals surface area contributed by atoms with Crippen LogP contribution in [0.15, 0.2) is 40.9 Å². The number of ether oxygens (including phenoxy) is 1. The van der Waals surface area contributed by atoms with Crippen molar-refractivity contribution >= 4 is 45.0 Å². The fourth-order valence-electron chi connectivity index (χ4n) is 3.57. The first-order valence-electron chi connectivity index (χ1n) is 8.86. The number of hydrogen-bond donors (Lipinski definition) is 1. The van der Waals surface area contributed by atoms with Crippen molar-refractivity contribution in [1.82, 2.24) is 5.32 Å². The van der Waals surface area contributed by atoms with E-state index >= 15 is 0 Å². The van der Waals surface area contributed by atoms with Crippen LogP contribution in [0.3, 0.4) is 0 Å². The third-order valence-electron chi connectivity index (χ3n) is 4.89. The van der Waals surface area contributed by atoms with Crippen LogP contribution in [-0.2, 0) is 4.79 Å². The molecule has 2 heterocycles. The molecule has 0 radical (unpaired) electrons. The molecule has 5 nitrogen and oxygen atoms in total. The minimum Gasteiger partial charge on any atom is -0.493 e. The molecule has 7 heteroatoms. The first kappa shape index (κ1) is 18.3. The quantitative estimate of drug-likeness (QED) is 0.751. The van der Waals surface area contributed by atoms with E-state index in [1.165, 1.54) is 0 Å². The summed E-state index contributed by atoms with van der Waals surface area (Å²) in [6, 6.07) is 10.7. The minimum atomic E-state index is -0.223. The van der Waals surface area contributed by atoms with E-state index in [1.54, 1.807) is 23.1 Å². The summed E-state index contributed by atoms with van der Waals surface area (Å²) in [6.07, 6.45) is 1.96. The number of rotatable bonds is 3. The number of nitrogens with zero attached hydrogens (tertiary/aromatic N) is 1. The van der Waals surface area contributed by atoms with Crippen LogP contribution in [0.1, 0.15) is 41.2 Å². The number of nitrogens with one attached hydrogen (secondary N) is 1. The zero-order chi connectivity index (χ0) is 19.0. The van der Waals surface area contributed by atoms with Crippen molar-refractivity contribution in [2.45, 2.75) is 25.3 Å². The van der Waals surface area contributed by atoms with Crippen molar-refractivity contribution in [1.29, 1.82) is 0 Å². The summed E-state index contributed by atoms with van der Waals surface area (Å²) in [6.45, 7) is 1.14. The molecule has 1 atom stereocenters. The van der Waals surface area contributed by atoms with Gasteiger partial charge in [-0.3, -0.25) is 9.59 Å². The summed E-state index contributed by atoms with van der Waals surface area (Å²) < 4.78 is 6.62. The highest BCUT2D eigenvalue weighted by molar-refractivity contribution is 9.10. The number of halogens is 2. The van der Waals surface area contributed by atoms with E-state index < -0.39 is 0 Å². The van der Waals surface area contributed by atoms with Gasteiger partial charge < -0.3 is 15.0 Å². The molecule has 1 fully saturated rings. The van der Waals surface area contributed by atoms with Gasteiger partial charge in [0.2, 0.25) is 5.91 Å². The Kier molecular flexibility index (Phi) is 5.10. The summed E-state index contributed by atoms with van der Waals surface area (Å²) >= 11 is 9.61. The lowest BCUT2D eigenvalue weighted by Crippen LogP contribution is -2.34. The maximum absolute atomic E-state index is 13.1. The van der Waals surface area contributed by atoms with Gasteiger partial charge in [-0.1, -0.05) is 27.5 Å². The molecule has 0 aromatic heterocycles. The van der Waals surface area contributed by atoms with Crippen LogP contribution in [0.2, 0.25) is 5.02 Å². The van der Waals surface area contributed by atoms with Crippen LogP contribution in [-0.4, -0.2) is 25.0 Å². The molecule has 140 valence electrons. The van der Waals surface area contributed by atoms with Crippen LogP contribution >= 0.6 is 27.5 Å². The smallest absolute Gasteiger partial charge is 0.253 e. The number of amides is 2. The molecule has 0 spiro atoms. The maximum atomic E-state index is 13.1. The summed E-state index contributed by atoms with van der Waals surface area (Å²) in [4.78, 5) is 26.9. The first-order chi connectivity index (χ1) is 13.0. The second-order valence-electron chi connectivity index (χ2n) is 6.66. The second-order valence-corrected chi connectivity index (χ2v) is 8.01. The van der Waals surface area contributed by atoms with Gasteiger partial charge in [-0.05, 0) is 42.8 Å². The lowest BCUT2D eigenvalue weighted by atomic mass is 10.00. The lowest BCUT2D eigenvalue weighted by Gasteiger charge is -2.28. The van der Waals surface area contributed by atoms with Crippen molar-refractivity contribution in [2.24, 2.45) is 0 Å². The Labute approximate surface area is 170 Å². The second kappa shape index (κ2) is 7.52. The van der Waals surface area contributed by atoms with Crippen molar-refractivity contribution in [2.75, 3.05) is 18.1 Å². The van der Waals surface area contributed by atoms with E-state index in [4.69, 9.17) is 16.3 Å². The Morgan fingerprint density at radius 3 is 2.89 bits per heavy atom. The number of benzene rings is 2. The van der Waals surface area contributed by atoms with Gasteiger partial charge in [-0.25, -0.2) is 0 Å². The Hall–Kier alpha value is -2.05. The van der Waals surface area contributed by atoms with Gasteiger partial charge in [-0.15, -0.1) is 0 Å². The zero-order valence-corrected chi connectivity index (χ0v) is 16.8. The van der Waals surface area contributed by atoms with Crippen molar-refractivity contribution in [3.8, 4) is 5.75 Å². The van der Waals surface area contributed by atoms with Gasteiger partial charge in [0.1, 0.15) is 5.75 Å². The van der Waals surface area contributed by atoms with Crippen molar-refractivity contribution < 1.29 is 14.3 Å². The summed E-state index contributed by atoms with van der Waals surface area (Å²) in [5, 5.41) is 3.60. The molecule has 0 aliphatic carbocycles. The number of hydrogen-bond acceptors (Lipinski definition) is 3. The molecule has 0 bridgehead atoms. The number of anilines is 1. The Bertz CT molecular complexity index is 918. The highest BCUT2D eigenvalue weighted by Gasteiger charge is 2.28. The predicted octanol–water partition coefficient (Wildman–Crippen LogP) is 4.48. The molecular formula is C20H18BrClN2O3. The van der Waals surface area contributed by atoms with Gasteiger partial charge in [-0.2, -0.15) is 0 Å². The van der Waals surface area contributed by atoms with Crippen molar-refractivity contribution in [3.05, 3.63) is 57.0 Å². The molecule has 2 aliphatic heterocycles. The highest BCUT2D eigenvalue weighted by Crippen LogP contribution is 2.35. The molecule has 2 aliphatic rings. The fraction of sp³-hybridized carbons (Fsp3) is 0.300. The fourth-order valence-corrected chi connectivity index (χ4v) is 4.12. The van der Waals surface area contributed by atoms with Crippen LogP contribution in [0, 0.1) is 0 Å². The average molecular weight is 450 g/mol. The maximum Gasteiger partial charge on any atom is 0.253 e. The van der Waals surface area contributed by atoms with Crippen LogP contribution in [0.4, 0.5) is 5.69 Å². The Morgan fingerprint density at radius 1 is 1.26 bits per heavy atom. The topological polar surface area (TPSA) is 58.6 Å². The average Bonchev–Trinajstić information content (AvgIpc) is 3.08. The van der Waals surface area contributed by atoms with E-state index in [2.05, 4.69) is 21.2 Å². The third-order valence-corrected chi connectivity index (χ3v) is 5.61. The molecule has 27 heavy (non-hydrogen) atoms. The Balaban J connectivity index is 1.63. The first-order valence-corrected chi connectivity index (χ1v) is 10.0. The molecule has 1 saturated heterocycles. The minimum absolute atomic E-state index is 0.0201. The van der Waals surface area contributed by atoms with Crippen LogP contribution < -0.4 is 15.0 Å². The van der Waals surface area contributed by atoms with Gasteiger partial charge >= 0.3 is 0 Å². The van der Waals surface area contributed by atoms with Crippen molar-refractivity contribution in [3.63, 3.8) is 0 Å². The summed E-state index contributed by atoms with van der Waals surface area (Å²) in [5.41, 5.74) is 1.97. The molecule has 2 amide bonds. The number of carbonyl (C=O) groups excluding carboxylic acids is 2. The standard InChI is InChI=1S/C20H18BrClN2O3/c21-12-3-6-18-15(10-12)16(7-9-27-18)23-20(26)14-5-4-13(22)11-17(14)24-8-1-2-19(24)25/h3-6,10-11,16H,1-2,7-9H2,(H,23,26). The van der Waals surface area contributed by atoms with E-state index in [0.717, 1.165) is 22.2 Å². The Morgan fingerprint density at radius 2 is 2.11 bits per heavy atom. The van der Waals surface area contributed by atoms with Crippen LogP contribution in [0.5, 0.6) is 5.75 Å². The lowest BCUT2D eigenvalue weighted by molar-refractivity contribution is -0.117. The zero-order valence-electron chi connectivity index (χ0n) is 14.5. The van der Waals surface area contributed by atoms with E-state index in [1.807, 2.05) is 18.2 Å². The normalized spacial score (nSPS) is 18.8. The van der Waals surface area contributed by atoms with Gasteiger partial charge in [0, 0.05) is 34.4 Å².